The largest absolute Gasteiger partial charge is 0.320 e. The van der Waals surface area contributed by atoms with E-state index < -0.39 is 0 Å². The van der Waals surface area contributed by atoms with Crippen molar-refractivity contribution in [2.45, 2.75) is 19.9 Å². The third-order valence-corrected chi connectivity index (χ3v) is 2.36. The molecule has 0 amide bonds. The number of benzene rings is 1. The summed E-state index contributed by atoms with van der Waals surface area (Å²) in [5.41, 5.74) is 2.77. The van der Waals surface area contributed by atoms with Crippen LogP contribution in [0.15, 0.2) is 24.3 Å². The summed E-state index contributed by atoms with van der Waals surface area (Å²) in [7, 11) is 1.99. The van der Waals surface area contributed by atoms with Crippen molar-refractivity contribution in [2.24, 2.45) is 0 Å². The smallest absolute Gasteiger partial charge is 0.0208 e. The Morgan fingerprint density at radius 3 is 2.64 bits per heavy atom. The van der Waals surface area contributed by atoms with E-state index in [1.54, 1.807) is 0 Å². The first-order valence-electron chi connectivity index (χ1n) is 5.24. The van der Waals surface area contributed by atoms with E-state index in [4.69, 9.17) is 0 Å². The van der Waals surface area contributed by atoms with Gasteiger partial charge in [-0.2, -0.15) is 0 Å². The molecule has 0 unspecified atom stereocenters. The van der Waals surface area contributed by atoms with Crippen LogP contribution in [-0.4, -0.2) is 20.1 Å². The van der Waals surface area contributed by atoms with E-state index in [2.05, 4.69) is 41.8 Å². The first kappa shape index (κ1) is 11.2. The van der Waals surface area contributed by atoms with E-state index in [0.717, 1.165) is 19.6 Å². The summed E-state index contributed by atoms with van der Waals surface area (Å²) in [6.07, 6.45) is 1.18. The van der Waals surface area contributed by atoms with Gasteiger partial charge in [0.1, 0.15) is 0 Å². The maximum absolute atomic E-state index is 3.44. The molecule has 0 fully saturated rings. The molecule has 0 heterocycles. The molecule has 0 radical (unpaired) electrons. The normalized spacial score (nSPS) is 10.4. The number of hydrogen-bond acceptors (Lipinski definition) is 2. The predicted molar refractivity (Wildman–Crippen MR) is 61.4 cm³/mol. The Balaban J connectivity index is 2.21. The number of nitrogens with one attached hydrogen (secondary N) is 2. The molecule has 2 nitrogen and oxygen atoms in total. The van der Waals surface area contributed by atoms with Crippen LogP contribution >= 0.6 is 0 Å². The molecule has 2 N–H and O–H groups in total. The van der Waals surface area contributed by atoms with E-state index in [-0.39, 0.29) is 0 Å². The Morgan fingerprint density at radius 1 is 1.14 bits per heavy atom. The highest BCUT2D eigenvalue weighted by Gasteiger charge is 1.95. The Morgan fingerprint density at radius 2 is 1.93 bits per heavy atom. The second-order valence-corrected chi connectivity index (χ2v) is 3.56. The number of aryl methyl sites for hydroxylation is 1. The highest BCUT2D eigenvalue weighted by Crippen LogP contribution is 2.05. The molecule has 1 aromatic carbocycles. The second-order valence-electron chi connectivity index (χ2n) is 3.56. The van der Waals surface area contributed by atoms with Crippen LogP contribution in [0, 0.1) is 6.92 Å². The molecule has 0 bridgehead atoms. The molecule has 0 saturated carbocycles. The molecule has 0 spiro atoms. The second kappa shape index (κ2) is 6.57. The van der Waals surface area contributed by atoms with Gasteiger partial charge in [0.2, 0.25) is 0 Å². The molecular formula is C12H20N2. The average Bonchev–Trinajstić information content (AvgIpc) is 2.20. The lowest BCUT2D eigenvalue weighted by atomic mass is 10.1. The molecule has 0 saturated heterocycles. The van der Waals surface area contributed by atoms with Gasteiger partial charge in [0, 0.05) is 6.54 Å². The van der Waals surface area contributed by atoms with Crippen LogP contribution in [-0.2, 0) is 6.54 Å². The lowest BCUT2D eigenvalue weighted by molar-refractivity contribution is 0.624. The molecule has 0 aliphatic carbocycles. The Labute approximate surface area is 86.7 Å². The van der Waals surface area contributed by atoms with Gasteiger partial charge in [0.25, 0.3) is 0 Å². The van der Waals surface area contributed by atoms with E-state index in [9.17, 15) is 0 Å². The van der Waals surface area contributed by atoms with Gasteiger partial charge in [-0.15, -0.1) is 0 Å². The van der Waals surface area contributed by atoms with Gasteiger partial charge >= 0.3 is 0 Å². The lowest BCUT2D eigenvalue weighted by Gasteiger charge is -2.07. The molecule has 1 aromatic rings. The Bertz CT molecular complexity index is 258. The summed E-state index contributed by atoms with van der Waals surface area (Å²) in [4.78, 5) is 0. The predicted octanol–water partition coefficient (Wildman–Crippen LogP) is 1.69. The first-order chi connectivity index (χ1) is 6.84. The zero-order valence-electron chi connectivity index (χ0n) is 9.14. The summed E-state index contributed by atoms with van der Waals surface area (Å²) >= 11 is 0. The van der Waals surface area contributed by atoms with Crippen LogP contribution < -0.4 is 10.6 Å². The summed E-state index contributed by atoms with van der Waals surface area (Å²) in [5.74, 6) is 0. The fourth-order valence-electron chi connectivity index (χ4n) is 1.42. The third kappa shape index (κ3) is 3.90. The van der Waals surface area contributed by atoms with Crippen molar-refractivity contribution in [1.29, 1.82) is 0 Å². The monoisotopic (exact) mass is 192 g/mol. The highest BCUT2D eigenvalue weighted by atomic mass is 14.9. The first-order valence-corrected chi connectivity index (χ1v) is 5.24. The fraction of sp³-hybridized carbons (Fsp3) is 0.500. The van der Waals surface area contributed by atoms with Crippen molar-refractivity contribution in [3.05, 3.63) is 35.4 Å². The minimum Gasteiger partial charge on any atom is -0.320 e. The average molecular weight is 192 g/mol. The maximum atomic E-state index is 3.44. The topological polar surface area (TPSA) is 24.1 Å². The summed E-state index contributed by atoms with van der Waals surface area (Å²) in [6, 6.07) is 8.52. The van der Waals surface area contributed by atoms with Crippen molar-refractivity contribution in [2.75, 3.05) is 20.1 Å². The van der Waals surface area contributed by atoms with Gasteiger partial charge in [-0.25, -0.2) is 0 Å². The van der Waals surface area contributed by atoms with Gasteiger partial charge < -0.3 is 10.6 Å². The van der Waals surface area contributed by atoms with Gasteiger partial charge in [0.05, 0.1) is 0 Å². The molecule has 0 aliphatic heterocycles. The maximum Gasteiger partial charge on any atom is 0.0208 e. The summed E-state index contributed by atoms with van der Waals surface area (Å²) < 4.78 is 0. The third-order valence-electron chi connectivity index (χ3n) is 2.36. The van der Waals surface area contributed by atoms with Crippen LogP contribution in [0.4, 0.5) is 0 Å². The quantitative estimate of drug-likeness (QED) is 0.670. The minimum atomic E-state index is 0.983. The molecule has 1 rings (SSSR count). The van der Waals surface area contributed by atoms with Crippen LogP contribution in [0.2, 0.25) is 0 Å². The number of hydrogen-bond donors (Lipinski definition) is 2. The van der Waals surface area contributed by atoms with Crippen molar-refractivity contribution in [3.63, 3.8) is 0 Å². The van der Waals surface area contributed by atoms with Crippen molar-refractivity contribution < 1.29 is 0 Å². The van der Waals surface area contributed by atoms with Crippen LogP contribution in [0.1, 0.15) is 17.5 Å². The number of rotatable bonds is 6. The standard InChI is InChI=1S/C12H20N2/c1-11-6-3-4-7-12(11)10-14-9-5-8-13-2/h3-4,6-7,13-14H,5,8-10H2,1-2H3. The van der Waals surface area contributed by atoms with E-state index >= 15 is 0 Å². The zero-order valence-corrected chi connectivity index (χ0v) is 9.14. The lowest BCUT2D eigenvalue weighted by Crippen LogP contribution is -2.19. The van der Waals surface area contributed by atoms with Crippen molar-refractivity contribution in [3.8, 4) is 0 Å². The van der Waals surface area contributed by atoms with E-state index in [1.807, 2.05) is 7.05 Å². The summed E-state index contributed by atoms with van der Waals surface area (Å²) in [5, 5.41) is 6.58. The highest BCUT2D eigenvalue weighted by molar-refractivity contribution is 5.25. The van der Waals surface area contributed by atoms with E-state index in [1.165, 1.54) is 17.5 Å². The molecule has 0 aromatic heterocycles. The molecule has 0 atom stereocenters. The Hall–Kier alpha value is -0.860. The molecule has 14 heavy (non-hydrogen) atoms. The minimum absolute atomic E-state index is 0.983. The zero-order chi connectivity index (χ0) is 10.2. The molecule has 2 heteroatoms. The fourth-order valence-corrected chi connectivity index (χ4v) is 1.42. The van der Waals surface area contributed by atoms with Gasteiger partial charge in [-0.05, 0) is 44.6 Å². The van der Waals surface area contributed by atoms with Gasteiger partial charge in [-0.1, -0.05) is 24.3 Å². The van der Waals surface area contributed by atoms with Crippen LogP contribution in [0.5, 0.6) is 0 Å². The van der Waals surface area contributed by atoms with Gasteiger partial charge in [0.15, 0.2) is 0 Å². The SMILES string of the molecule is CNCCCNCc1ccccc1C. The summed E-state index contributed by atoms with van der Waals surface area (Å²) in [6.45, 7) is 5.30. The van der Waals surface area contributed by atoms with Gasteiger partial charge in [-0.3, -0.25) is 0 Å². The van der Waals surface area contributed by atoms with Crippen molar-refractivity contribution >= 4 is 0 Å². The van der Waals surface area contributed by atoms with Crippen LogP contribution in [0.3, 0.4) is 0 Å². The molecular weight excluding hydrogens is 172 g/mol. The Kier molecular flexibility index (Phi) is 5.27. The van der Waals surface area contributed by atoms with Crippen LogP contribution in [0.25, 0.3) is 0 Å². The van der Waals surface area contributed by atoms with E-state index in [0.29, 0.717) is 0 Å². The molecule has 78 valence electrons. The van der Waals surface area contributed by atoms with Crippen molar-refractivity contribution in [1.82, 2.24) is 10.6 Å². The molecule has 0 aliphatic rings.